The molecule has 0 atom stereocenters. The van der Waals surface area contributed by atoms with Gasteiger partial charge in [0.2, 0.25) is 5.91 Å². The highest BCUT2D eigenvalue weighted by Crippen LogP contribution is 2.15. The third-order valence-electron chi connectivity index (χ3n) is 3.39. The molecule has 0 aliphatic carbocycles. The lowest BCUT2D eigenvalue weighted by Gasteiger charge is -2.08. The SMILES string of the molecule is Cc1ccc2cnn(CCC(=O)NCCC(C)C)c2c1. The molecule has 1 N–H and O–H groups in total. The lowest BCUT2D eigenvalue weighted by molar-refractivity contribution is -0.121. The first-order valence-corrected chi connectivity index (χ1v) is 7.25. The number of aryl methyl sites for hydroxylation is 2. The zero-order valence-electron chi connectivity index (χ0n) is 12.5. The number of carbonyl (C=O) groups is 1. The quantitative estimate of drug-likeness (QED) is 0.879. The molecule has 2 aromatic rings. The van der Waals surface area contributed by atoms with E-state index < -0.39 is 0 Å². The first-order chi connectivity index (χ1) is 9.56. The van der Waals surface area contributed by atoms with E-state index in [1.165, 1.54) is 5.56 Å². The Hall–Kier alpha value is -1.84. The number of nitrogens with one attached hydrogen (secondary N) is 1. The van der Waals surface area contributed by atoms with Crippen LogP contribution in [-0.2, 0) is 11.3 Å². The molecule has 0 fully saturated rings. The lowest BCUT2D eigenvalue weighted by Crippen LogP contribution is -2.26. The molecule has 0 spiro atoms. The minimum atomic E-state index is 0.0990. The van der Waals surface area contributed by atoms with Crippen molar-refractivity contribution in [2.45, 2.75) is 40.2 Å². The summed E-state index contributed by atoms with van der Waals surface area (Å²) >= 11 is 0. The monoisotopic (exact) mass is 273 g/mol. The summed E-state index contributed by atoms with van der Waals surface area (Å²) < 4.78 is 1.91. The van der Waals surface area contributed by atoms with Crippen LogP contribution >= 0.6 is 0 Å². The van der Waals surface area contributed by atoms with Crippen LogP contribution in [0.3, 0.4) is 0 Å². The Balaban J connectivity index is 1.89. The van der Waals surface area contributed by atoms with Gasteiger partial charge >= 0.3 is 0 Å². The number of amides is 1. The van der Waals surface area contributed by atoms with Crippen LogP contribution in [0.5, 0.6) is 0 Å². The van der Waals surface area contributed by atoms with Crippen molar-refractivity contribution in [1.29, 1.82) is 0 Å². The number of nitrogens with zero attached hydrogens (tertiary/aromatic N) is 2. The second-order valence-corrected chi connectivity index (χ2v) is 5.71. The average Bonchev–Trinajstić information content (AvgIpc) is 2.78. The van der Waals surface area contributed by atoms with Crippen molar-refractivity contribution in [1.82, 2.24) is 15.1 Å². The van der Waals surface area contributed by atoms with E-state index in [1.54, 1.807) is 0 Å². The smallest absolute Gasteiger partial charge is 0.221 e. The van der Waals surface area contributed by atoms with Crippen LogP contribution in [0.2, 0.25) is 0 Å². The first kappa shape index (κ1) is 14.6. The number of hydrogen-bond acceptors (Lipinski definition) is 2. The molecule has 0 aliphatic rings. The third-order valence-corrected chi connectivity index (χ3v) is 3.39. The predicted octanol–water partition coefficient (Wildman–Crippen LogP) is 2.90. The molecule has 4 nitrogen and oxygen atoms in total. The van der Waals surface area contributed by atoms with Crippen LogP contribution in [-0.4, -0.2) is 22.2 Å². The second-order valence-electron chi connectivity index (χ2n) is 5.71. The number of fused-ring (bicyclic) bond motifs is 1. The zero-order chi connectivity index (χ0) is 14.5. The molecular formula is C16H23N3O. The Bertz CT molecular complexity index is 586. The predicted molar refractivity (Wildman–Crippen MR) is 81.6 cm³/mol. The molecule has 0 radical (unpaired) electrons. The van der Waals surface area contributed by atoms with E-state index in [-0.39, 0.29) is 5.91 Å². The summed E-state index contributed by atoms with van der Waals surface area (Å²) in [5, 5.41) is 8.43. The molecule has 1 aromatic heterocycles. The highest BCUT2D eigenvalue weighted by molar-refractivity contribution is 5.80. The van der Waals surface area contributed by atoms with Crippen molar-refractivity contribution < 1.29 is 4.79 Å². The fraction of sp³-hybridized carbons (Fsp3) is 0.500. The molecule has 0 saturated carbocycles. The summed E-state index contributed by atoms with van der Waals surface area (Å²) in [6.07, 6.45) is 3.35. The Labute approximate surface area is 120 Å². The Morgan fingerprint density at radius 1 is 1.40 bits per heavy atom. The largest absolute Gasteiger partial charge is 0.356 e. The summed E-state index contributed by atoms with van der Waals surface area (Å²) in [5.41, 5.74) is 2.31. The van der Waals surface area contributed by atoms with Gasteiger partial charge in [0.05, 0.1) is 18.3 Å². The molecule has 1 aromatic carbocycles. The number of rotatable bonds is 6. The van der Waals surface area contributed by atoms with Gasteiger partial charge in [-0.05, 0) is 30.9 Å². The van der Waals surface area contributed by atoms with Gasteiger partial charge < -0.3 is 5.32 Å². The van der Waals surface area contributed by atoms with Crippen LogP contribution in [0.1, 0.15) is 32.3 Å². The van der Waals surface area contributed by atoms with E-state index in [0.29, 0.717) is 18.9 Å². The first-order valence-electron chi connectivity index (χ1n) is 7.25. The standard InChI is InChI=1S/C16H23N3O/c1-12(2)6-8-17-16(20)7-9-19-15-10-13(3)4-5-14(15)11-18-19/h4-5,10-12H,6-9H2,1-3H3,(H,17,20). The summed E-state index contributed by atoms with van der Waals surface area (Å²) in [4.78, 5) is 11.8. The van der Waals surface area contributed by atoms with Gasteiger partial charge in [0.25, 0.3) is 0 Å². The van der Waals surface area contributed by atoms with E-state index in [9.17, 15) is 4.79 Å². The van der Waals surface area contributed by atoms with Gasteiger partial charge in [0.1, 0.15) is 0 Å². The third kappa shape index (κ3) is 3.83. The molecule has 1 heterocycles. The van der Waals surface area contributed by atoms with Crippen LogP contribution in [0.15, 0.2) is 24.4 Å². The molecule has 0 bridgehead atoms. The van der Waals surface area contributed by atoms with Crippen molar-refractivity contribution in [3.63, 3.8) is 0 Å². The fourth-order valence-corrected chi connectivity index (χ4v) is 2.15. The van der Waals surface area contributed by atoms with E-state index in [2.05, 4.69) is 49.4 Å². The van der Waals surface area contributed by atoms with Crippen molar-refractivity contribution in [3.05, 3.63) is 30.0 Å². The van der Waals surface area contributed by atoms with Gasteiger partial charge in [-0.3, -0.25) is 9.48 Å². The molecule has 4 heteroatoms. The topological polar surface area (TPSA) is 46.9 Å². The second kappa shape index (κ2) is 6.55. The number of carbonyl (C=O) groups excluding carboxylic acids is 1. The van der Waals surface area contributed by atoms with Gasteiger partial charge in [-0.2, -0.15) is 5.10 Å². The molecule has 0 aliphatic heterocycles. The van der Waals surface area contributed by atoms with Gasteiger partial charge in [-0.25, -0.2) is 0 Å². The molecule has 0 saturated heterocycles. The Morgan fingerprint density at radius 3 is 2.95 bits per heavy atom. The molecular weight excluding hydrogens is 250 g/mol. The average molecular weight is 273 g/mol. The highest BCUT2D eigenvalue weighted by Gasteiger charge is 2.06. The minimum absolute atomic E-state index is 0.0990. The van der Waals surface area contributed by atoms with Crippen molar-refractivity contribution in [3.8, 4) is 0 Å². The highest BCUT2D eigenvalue weighted by atomic mass is 16.1. The van der Waals surface area contributed by atoms with Crippen LogP contribution < -0.4 is 5.32 Å². The Kier molecular flexibility index (Phi) is 4.77. The molecule has 2 rings (SSSR count). The zero-order valence-corrected chi connectivity index (χ0v) is 12.5. The van der Waals surface area contributed by atoms with E-state index in [0.717, 1.165) is 23.9 Å². The Morgan fingerprint density at radius 2 is 2.20 bits per heavy atom. The van der Waals surface area contributed by atoms with Gasteiger partial charge in [-0.15, -0.1) is 0 Å². The maximum absolute atomic E-state index is 11.8. The number of hydrogen-bond donors (Lipinski definition) is 1. The normalized spacial score (nSPS) is 11.2. The summed E-state index contributed by atoms with van der Waals surface area (Å²) in [6.45, 7) is 7.76. The van der Waals surface area contributed by atoms with Crippen LogP contribution in [0.4, 0.5) is 0 Å². The van der Waals surface area contributed by atoms with E-state index in [4.69, 9.17) is 0 Å². The van der Waals surface area contributed by atoms with E-state index in [1.807, 2.05) is 10.9 Å². The maximum atomic E-state index is 11.8. The number of aromatic nitrogens is 2. The summed E-state index contributed by atoms with van der Waals surface area (Å²) in [7, 11) is 0. The van der Waals surface area contributed by atoms with Crippen LogP contribution in [0.25, 0.3) is 10.9 Å². The van der Waals surface area contributed by atoms with Gasteiger partial charge in [0.15, 0.2) is 0 Å². The van der Waals surface area contributed by atoms with Crippen molar-refractivity contribution in [2.75, 3.05) is 6.54 Å². The molecule has 20 heavy (non-hydrogen) atoms. The lowest BCUT2D eigenvalue weighted by atomic mass is 10.1. The van der Waals surface area contributed by atoms with Crippen molar-refractivity contribution in [2.24, 2.45) is 5.92 Å². The van der Waals surface area contributed by atoms with Crippen LogP contribution in [0, 0.1) is 12.8 Å². The minimum Gasteiger partial charge on any atom is -0.356 e. The summed E-state index contributed by atoms with van der Waals surface area (Å²) in [6, 6.07) is 6.25. The molecule has 108 valence electrons. The van der Waals surface area contributed by atoms with Crippen molar-refractivity contribution >= 4 is 16.8 Å². The number of benzene rings is 1. The molecule has 0 unspecified atom stereocenters. The van der Waals surface area contributed by atoms with Gasteiger partial charge in [-0.1, -0.05) is 26.0 Å². The van der Waals surface area contributed by atoms with E-state index >= 15 is 0 Å². The molecule has 1 amide bonds. The van der Waals surface area contributed by atoms with Gasteiger partial charge in [0, 0.05) is 18.4 Å². The summed E-state index contributed by atoms with van der Waals surface area (Å²) in [5.74, 6) is 0.718. The maximum Gasteiger partial charge on any atom is 0.221 e. The fourth-order valence-electron chi connectivity index (χ4n) is 2.15.